The van der Waals surface area contributed by atoms with E-state index in [2.05, 4.69) is 4.90 Å². The molecule has 2 rings (SSSR count). The summed E-state index contributed by atoms with van der Waals surface area (Å²) in [5.74, 6) is 0.367. The molecule has 1 aromatic rings. The van der Waals surface area contributed by atoms with Gasteiger partial charge in [0.05, 0.1) is 7.11 Å². The molecule has 4 heteroatoms. The van der Waals surface area contributed by atoms with E-state index in [9.17, 15) is 4.39 Å². The van der Waals surface area contributed by atoms with Crippen LogP contribution in [0.3, 0.4) is 0 Å². The SMILES string of the molecule is COc1ccc(CN(CCN)C2CCCC2)c(F)c1. The molecule has 2 N–H and O–H groups in total. The van der Waals surface area contributed by atoms with Crippen molar-refractivity contribution in [3.05, 3.63) is 29.6 Å². The molecular weight excluding hydrogens is 243 g/mol. The Bertz CT molecular complexity index is 405. The normalized spacial score (nSPS) is 16.2. The molecule has 0 radical (unpaired) electrons. The van der Waals surface area contributed by atoms with Crippen LogP contribution in [0.5, 0.6) is 5.75 Å². The molecule has 1 aliphatic rings. The summed E-state index contributed by atoms with van der Waals surface area (Å²) in [6.45, 7) is 2.09. The second kappa shape index (κ2) is 6.87. The Labute approximate surface area is 114 Å². The Morgan fingerprint density at radius 3 is 2.68 bits per heavy atom. The standard InChI is InChI=1S/C15H23FN2O/c1-19-14-7-6-12(15(16)10-14)11-18(9-8-17)13-4-2-3-5-13/h6-7,10,13H,2-5,8-9,11,17H2,1H3. The number of hydrogen-bond donors (Lipinski definition) is 1. The van der Waals surface area contributed by atoms with Crippen LogP contribution in [0.25, 0.3) is 0 Å². The Hall–Kier alpha value is -1.13. The molecule has 0 spiro atoms. The van der Waals surface area contributed by atoms with Crippen LogP contribution in [0.1, 0.15) is 31.2 Å². The first-order chi connectivity index (χ1) is 9.24. The first kappa shape index (κ1) is 14.3. The van der Waals surface area contributed by atoms with Gasteiger partial charge in [-0.3, -0.25) is 4.90 Å². The van der Waals surface area contributed by atoms with E-state index >= 15 is 0 Å². The molecule has 0 saturated heterocycles. The summed E-state index contributed by atoms with van der Waals surface area (Å²) >= 11 is 0. The van der Waals surface area contributed by atoms with Crippen LogP contribution < -0.4 is 10.5 Å². The van der Waals surface area contributed by atoms with Gasteiger partial charge in [-0.05, 0) is 18.9 Å². The molecule has 1 saturated carbocycles. The highest BCUT2D eigenvalue weighted by Crippen LogP contribution is 2.26. The molecule has 0 atom stereocenters. The van der Waals surface area contributed by atoms with E-state index in [1.165, 1.54) is 31.7 Å². The Morgan fingerprint density at radius 1 is 1.37 bits per heavy atom. The predicted molar refractivity (Wildman–Crippen MR) is 74.7 cm³/mol. The third-order valence-electron chi connectivity index (χ3n) is 3.89. The number of ether oxygens (including phenoxy) is 1. The summed E-state index contributed by atoms with van der Waals surface area (Å²) in [4.78, 5) is 2.32. The minimum absolute atomic E-state index is 0.195. The predicted octanol–water partition coefficient (Wildman–Crippen LogP) is 2.54. The molecule has 19 heavy (non-hydrogen) atoms. The zero-order chi connectivity index (χ0) is 13.7. The van der Waals surface area contributed by atoms with E-state index < -0.39 is 0 Å². The van der Waals surface area contributed by atoms with Gasteiger partial charge in [0.1, 0.15) is 11.6 Å². The molecule has 0 heterocycles. The summed E-state index contributed by atoms with van der Waals surface area (Å²) in [5, 5.41) is 0. The maximum absolute atomic E-state index is 14.0. The molecule has 3 nitrogen and oxygen atoms in total. The fourth-order valence-electron chi connectivity index (χ4n) is 2.83. The van der Waals surface area contributed by atoms with Gasteiger partial charge in [0.15, 0.2) is 0 Å². The van der Waals surface area contributed by atoms with Gasteiger partial charge in [-0.15, -0.1) is 0 Å². The summed E-state index contributed by atoms with van der Waals surface area (Å²) in [6.07, 6.45) is 4.96. The van der Waals surface area contributed by atoms with E-state index in [1.807, 2.05) is 12.1 Å². The highest BCUT2D eigenvalue weighted by atomic mass is 19.1. The molecule has 1 aromatic carbocycles. The van der Waals surface area contributed by atoms with Crippen molar-refractivity contribution >= 4 is 0 Å². The molecule has 0 aromatic heterocycles. The second-order valence-corrected chi connectivity index (χ2v) is 5.15. The van der Waals surface area contributed by atoms with Crippen molar-refractivity contribution < 1.29 is 9.13 Å². The molecular formula is C15H23FN2O. The van der Waals surface area contributed by atoms with Crippen molar-refractivity contribution in [2.45, 2.75) is 38.3 Å². The van der Waals surface area contributed by atoms with Gasteiger partial charge >= 0.3 is 0 Å². The van der Waals surface area contributed by atoms with Crippen molar-refractivity contribution in [1.82, 2.24) is 4.90 Å². The van der Waals surface area contributed by atoms with Crippen LogP contribution >= 0.6 is 0 Å². The highest BCUT2D eigenvalue weighted by molar-refractivity contribution is 5.28. The maximum Gasteiger partial charge on any atom is 0.131 e. The average molecular weight is 266 g/mol. The lowest BCUT2D eigenvalue weighted by Gasteiger charge is -2.28. The number of benzene rings is 1. The number of halogens is 1. The van der Waals surface area contributed by atoms with Crippen LogP contribution in [0.4, 0.5) is 4.39 Å². The smallest absolute Gasteiger partial charge is 0.131 e. The van der Waals surface area contributed by atoms with E-state index in [0.717, 1.165) is 12.1 Å². The Morgan fingerprint density at radius 2 is 2.11 bits per heavy atom. The van der Waals surface area contributed by atoms with Crippen LogP contribution in [-0.2, 0) is 6.54 Å². The number of nitrogens with two attached hydrogens (primary N) is 1. The molecule has 0 aliphatic heterocycles. The zero-order valence-corrected chi connectivity index (χ0v) is 11.6. The summed E-state index contributed by atoms with van der Waals surface area (Å²) < 4.78 is 19.0. The number of nitrogens with zero attached hydrogens (tertiary/aromatic N) is 1. The molecule has 0 amide bonds. The second-order valence-electron chi connectivity index (χ2n) is 5.15. The Kier molecular flexibility index (Phi) is 5.16. The highest BCUT2D eigenvalue weighted by Gasteiger charge is 2.22. The van der Waals surface area contributed by atoms with E-state index in [-0.39, 0.29) is 5.82 Å². The van der Waals surface area contributed by atoms with Gasteiger partial charge in [-0.2, -0.15) is 0 Å². The lowest BCUT2D eigenvalue weighted by molar-refractivity contribution is 0.193. The third kappa shape index (κ3) is 3.67. The fraction of sp³-hybridized carbons (Fsp3) is 0.600. The topological polar surface area (TPSA) is 38.5 Å². The molecule has 106 valence electrons. The monoisotopic (exact) mass is 266 g/mol. The Balaban J connectivity index is 2.07. The summed E-state index contributed by atoms with van der Waals surface area (Å²) in [6, 6.07) is 5.63. The van der Waals surface area contributed by atoms with E-state index in [4.69, 9.17) is 10.5 Å². The van der Waals surface area contributed by atoms with E-state index in [0.29, 0.717) is 24.9 Å². The van der Waals surface area contributed by atoms with Gasteiger partial charge < -0.3 is 10.5 Å². The minimum Gasteiger partial charge on any atom is -0.497 e. The largest absolute Gasteiger partial charge is 0.497 e. The van der Waals surface area contributed by atoms with Gasteiger partial charge in [0.25, 0.3) is 0 Å². The lowest BCUT2D eigenvalue weighted by Crippen LogP contribution is -2.36. The number of rotatable bonds is 6. The summed E-state index contributed by atoms with van der Waals surface area (Å²) in [5.41, 5.74) is 6.40. The van der Waals surface area contributed by atoms with Crippen LogP contribution in [0, 0.1) is 5.82 Å². The van der Waals surface area contributed by atoms with Crippen LogP contribution in [-0.4, -0.2) is 31.1 Å². The first-order valence-electron chi connectivity index (χ1n) is 7.01. The lowest BCUT2D eigenvalue weighted by atomic mass is 10.1. The first-order valence-corrected chi connectivity index (χ1v) is 7.01. The number of hydrogen-bond acceptors (Lipinski definition) is 3. The van der Waals surface area contributed by atoms with Crippen LogP contribution in [0.15, 0.2) is 18.2 Å². The minimum atomic E-state index is -0.195. The molecule has 0 bridgehead atoms. The molecule has 0 unspecified atom stereocenters. The maximum atomic E-state index is 14.0. The number of methoxy groups -OCH3 is 1. The van der Waals surface area contributed by atoms with Crippen molar-refractivity contribution in [3.8, 4) is 5.75 Å². The zero-order valence-electron chi connectivity index (χ0n) is 11.6. The van der Waals surface area contributed by atoms with Gasteiger partial charge in [-0.25, -0.2) is 4.39 Å². The van der Waals surface area contributed by atoms with Crippen molar-refractivity contribution in [2.75, 3.05) is 20.2 Å². The fourth-order valence-corrected chi connectivity index (χ4v) is 2.83. The van der Waals surface area contributed by atoms with Crippen molar-refractivity contribution in [3.63, 3.8) is 0 Å². The molecule has 1 aliphatic carbocycles. The van der Waals surface area contributed by atoms with Crippen molar-refractivity contribution in [1.29, 1.82) is 0 Å². The summed E-state index contributed by atoms with van der Waals surface area (Å²) in [7, 11) is 1.55. The van der Waals surface area contributed by atoms with Gasteiger partial charge in [-0.1, -0.05) is 18.9 Å². The van der Waals surface area contributed by atoms with Crippen LogP contribution in [0.2, 0.25) is 0 Å². The van der Waals surface area contributed by atoms with Gasteiger partial charge in [0, 0.05) is 37.3 Å². The molecule has 1 fully saturated rings. The van der Waals surface area contributed by atoms with E-state index in [1.54, 1.807) is 7.11 Å². The van der Waals surface area contributed by atoms with Crippen molar-refractivity contribution in [2.24, 2.45) is 5.73 Å². The average Bonchev–Trinajstić information content (AvgIpc) is 2.94. The van der Waals surface area contributed by atoms with Gasteiger partial charge in [0.2, 0.25) is 0 Å². The third-order valence-corrected chi connectivity index (χ3v) is 3.89. The quantitative estimate of drug-likeness (QED) is 0.860.